The summed E-state index contributed by atoms with van der Waals surface area (Å²) in [6.45, 7) is 5.11. The summed E-state index contributed by atoms with van der Waals surface area (Å²) in [5, 5.41) is 12.9. The average molecular weight is 386 g/mol. The molecule has 2 amide bonds. The lowest BCUT2D eigenvalue weighted by atomic mass is 9.81. The van der Waals surface area contributed by atoms with Crippen LogP contribution in [-0.2, 0) is 4.79 Å². The average Bonchev–Trinajstić information content (AvgIpc) is 3.27. The molecule has 28 heavy (non-hydrogen) atoms. The molecule has 6 heteroatoms. The Morgan fingerprint density at radius 1 is 1.18 bits per heavy atom. The number of hydrogen-bond acceptors (Lipinski definition) is 3. The summed E-state index contributed by atoms with van der Waals surface area (Å²) in [6, 6.07) is 11.0. The van der Waals surface area contributed by atoms with E-state index < -0.39 is 11.4 Å². The van der Waals surface area contributed by atoms with E-state index in [-0.39, 0.29) is 18.0 Å². The summed E-state index contributed by atoms with van der Waals surface area (Å²) in [6.07, 6.45) is 4.46. The van der Waals surface area contributed by atoms with E-state index in [9.17, 15) is 14.7 Å². The zero-order valence-electron chi connectivity index (χ0n) is 16.6. The lowest BCUT2D eigenvalue weighted by Crippen LogP contribution is -2.49. The van der Waals surface area contributed by atoms with Gasteiger partial charge in [-0.2, -0.15) is 0 Å². The molecule has 4 rings (SSSR count). The molecule has 2 saturated heterocycles. The number of benzene rings is 1. The van der Waals surface area contributed by atoms with Crippen molar-refractivity contribution in [1.82, 2.24) is 15.1 Å². The fourth-order valence-corrected chi connectivity index (χ4v) is 5.43. The quantitative estimate of drug-likeness (QED) is 0.835. The molecule has 1 aromatic carbocycles. The van der Waals surface area contributed by atoms with Crippen LogP contribution in [0.3, 0.4) is 0 Å². The standard InChI is InChI=1S/C22H31N3O3/c1-16(17-6-3-2-4-7-17)24-12-9-19(10-13-24)23-21(28)25-14-18-8-5-11-22(18,15-25)20(26)27/h2-4,6-7,16,18-19H,5,8-15H2,1H3,(H,23,28)(H,26,27)/t16?,18-,22+/m0/s1. The van der Waals surface area contributed by atoms with Gasteiger partial charge >= 0.3 is 12.0 Å². The van der Waals surface area contributed by atoms with Crippen LogP contribution in [0.2, 0.25) is 0 Å². The maximum Gasteiger partial charge on any atom is 0.317 e. The molecule has 1 aromatic rings. The number of rotatable bonds is 4. The van der Waals surface area contributed by atoms with Gasteiger partial charge in [0.05, 0.1) is 5.41 Å². The maximum atomic E-state index is 12.8. The molecule has 3 atom stereocenters. The Morgan fingerprint density at radius 3 is 2.54 bits per heavy atom. The zero-order valence-corrected chi connectivity index (χ0v) is 16.6. The van der Waals surface area contributed by atoms with Crippen molar-refractivity contribution in [1.29, 1.82) is 0 Å². The summed E-state index contributed by atoms with van der Waals surface area (Å²) < 4.78 is 0. The summed E-state index contributed by atoms with van der Waals surface area (Å²) in [5.41, 5.74) is 0.624. The molecule has 3 aliphatic rings. The summed E-state index contributed by atoms with van der Waals surface area (Å²) >= 11 is 0. The molecular weight excluding hydrogens is 354 g/mol. The van der Waals surface area contributed by atoms with Gasteiger partial charge in [0.15, 0.2) is 0 Å². The van der Waals surface area contributed by atoms with Crippen LogP contribution in [0.1, 0.15) is 50.6 Å². The third kappa shape index (κ3) is 3.50. The second kappa shape index (κ2) is 7.74. The molecule has 1 aliphatic carbocycles. The van der Waals surface area contributed by atoms with Crippen LogP contribution in [0.4, 0.5) is 4.79 Å². The number of aliphatic carboxylic acids is 1. The van der Waals surface area contributed by atoms with Crippen LogP contribution in [-0.4, -0.2) is 59.1 Å². The SMILES string of the molecule is CC(c1ccccc1)N1CCC(NC(=O)N2C[C@@H]3CCC[C@@]3(C(=O)O)C2)CC1. The molecule has 0 spiro atoms. The van der Waals surface area contributed by atoms with Gasteiger partial charge in [0.1, 0.15) is 0 Å². The molecule has 2 aliphatic heterocycles. The first-order valence-corrected chi connectivity index (χ1v) is 10.6. The second-order valence-corrected chi connectivity index (χ2v) is 8.78. The number of urea groups is 1. The van der Waals surface area contributed by atoms with Crippen molar-refractivity contribution < 1.29 is 14.7 Å². The lowest BCUT2D eigenvalue weighted by Gasteiger charge is -2.37. The number of carboxylic acid groups (broad SMARTS) is 1. The number of carboxylic acids is 1. The van der Waals surface area contributed by atoms with Gasteiger partial charge in [-0.15, -0.1) is 0 Å². The number of carbonyl (C=O) groups is 2. The van der Waals surface area contributed by atoms with Crippen LogP contribution >= 0.6 is 0 Å². The van der Waals surface area contributed by atoms with Gasteiger partial charge in [-0.25, -0.2) is 4.79 Å². The minimum absolute atomic E-state index is 0.0791. The van der Waals surface area contributed by atoms with E-state index in [1.807, 2.05) is 6.07 Å². The Balaban J connectivity index is 1.28. The van der Waals surface area contributed by atoms with Crippen LogP contribution in [0.5, 0.6) is 0 Å². The number of hydrogen-bond donors (Lipinski definition) is 2. The van der Waals surface area contributed by atoms with Crippen molar-refractivity contribution in [3.63, 3.8) is 0 Å². The molecule has 6 nitrogen and oxygen atoms in total. The number of piperidine rings is 1. The van der Waals surface area contributed by atoms with E-state index in [1.54, 1.807) is 4.90 Å². The van der Waals surface area contributed by atoms with Gasteiger partial charge in [0.25, 0.3) is 0 Å². The van der Waals surface area contributed by atoms with E-state index in [2.05, 4.69) is 41.4 Å². The number of likely N-dealkylation sites (tertiary alicyclic amines) is 2. The van der Waals surface area contributed by atoms with Crippen LogP contribution in [0.15, 0.2) is 30.3 Å². The largest absolute Gasteiger partial charge is 0.481 e. The normalized spacial score (nSPS) is 29.5. The summed E-state index contributed by atoms with van der Waals surface area (Å²) in [4.78, 5) is 28.8. The predicted octanol–water partition coefficient (Wildman–Crippen LogP) is 3.11. The van der Waals surface area contributed by atoms with Crippen molar-refractivity contribution in [3.8, 4) is 0 Å². The molecule has 0 aromatic heterocycles. The van der Waals surface area contributed by atoms with Crippen molar-refractivity contribution in [2.24, 2.45) is 11.3 Å². The van der Waals surface area contributed by atoms with E-state index in [4.69, 9.17) is 0 Å². The fraction of sp³-hybridized carbons (Fsp3) is 0.636. The minimum atomic E-state index is -0.728. The molecule has 2 heterocycles. The molecule has 0 radical (unpaired) electrons. The third-order valence-electron chi connectivity index (χ3n) is 7.27. The number of carbonyl (C=O) groups excluding carboxylic acids is 1. The lowest BCUT2D eigenvalue weighted by molar-refractivity contribution is -0.149. The summed E-state index contributed by atoms with van der Waals surface area (Å²) in [5.74, 6) is -0.613. The number of nitrogens with zero attached hydrogens (tertiary/aromatic N) is 2. The highest BCUT2D eigenvalue weighted by atomic mass is 16.4. The van der Waals surface area contributed by atoms with Crippen molar-refractivity contribution in [2.45, 2.75) is 51.1 Å². The molecule has 0 bridgehead atoms. The Bertz CT molecular complexity index is 717. The number of amides is 2. The maximum absolute atomic E-state index is 12.8. The van der Waals surface area contributed by atoms with Crippen LogP contribution in [0.25, 0.3) is 0 Å². The first-order valence-electron chi connectivity index (χ1n) is 10.6. The highest BCUT2D eigenvalue weighted by molar-refractivity contribution is 5.80. The van der Waals surface area contributed by atoms with Crippen molar-refractivity contribution >= 4 is 12.0 Å². The van der Waals surface area contributed by atoms with E-state index in [0.29, 0.717) is 25.6 Å². The van der Waals surface area contributed by atoms with Gasteiger partial charge in [0.2, 0.25) is 0 Å². The topological polar surface area (TPSA) is 72.9 Å². The van der Waals surface area contributed by atoms with Gasteiger partial charge in [-0.1, -0.05) is 36.8 Å². The fourth-order valence-electron chi connectivity index (χ4n) is 5.43. The van der Waals surface area contributed by atoms with Gasteiger partial charge in [0, 0.05) is 38.3 Å². The van der Waals surface area contributed by atoms with E-state index in [0.717, 1.165) is 38.8 Å². The number of fused-ring (bicyclic) bond motifs is 1. The zero-order chi connectivity index (χ0) is 19.7. The van der Waals surface area contributed by atoms with Crippen LogP contribution < -0.4 is 5.32 Å². The highest BCUT2D eigenvalue weighted by Crippen LogP contribution is 2.48. The van der Waals surface area contributed by atoms with Gasteiger partial charge in [-0.05, 0) is 44.1 Å². The Morgan fingerprint density at radius 2 is 1.89 bits per heavy atom. The van der Waals surface area contributed by atoms with Crippen molar-refractivity contribution in [2.75, 3.05) is 26.2 Å². The van der Waals surface area contributed by atoms with E-state index >= 15 is 0 Å². The predicted molar refractivity (Wildman–Crippen MR) is 107 cm³/mol. The monoisotopic (exact) mass is 385 g/mol. The van der Waals surface area contributed by atoms with Gasteiger partial charge < -0.3 is 15.3 Å². The summed E-state index contributed by atoms with van der Waals surface area (Å²) in [7, 11) is 0. The first-order chi connectivity index (χ1) is 13.5. The third-order valence-corrected chi connectivity index (χ3v) is 7.27. The molecule has 152 valence electrons. The van der Waals surface area contributed by atoms with E-state index in [1.165, 1.54) is 5.56 Å². The molecular formula is C22H31N3O3. The molecule has 1 unspecified atom stereocenters. The first kappa shape index (κ1) is 19.2. The molecule has 2 N–H and O–H groups in total. The minimum Gasteiger partial charge on any atom is -0.481 e. The second-order valence-electron chi connectivity index (χ2n) is 8.78. The Labute approximate surface area is 166 Å². The van der Waals surface area contributed by atoms with Crippen molar-refractivity contribution in [3.05, 3.63) is 35.9 Å². The Kier molecular flexibility index (Phi) is 5.32. The van der Waals surface area contributed by atoms with Crippen LogP contribution in [0, 0.1) is 11.3 Å². The number of nitrogens with one attached hydrogen (secondary N) is 1. The Hall–Kier alpha value is -2.08. The molecule has 3 fully saturated rings. The smallest absolute Gasteiger partial charge is 0.317 e. The molecule has 1 saturated carbocycles. The highest BCUT2D eigenvalue weighted by Gasteiger charge is 2.55. The van der Waals surface area contributed by atoms with Gasteiger partial charge in [-0.3, -0.25) is 9.69 Å².